The molecule has 3 rings (SSSR count). The van der Waals surface area contributed by atoms with Crippen molar-refractivity contribution < 1.29 is 9.53 Å². The van der Waals surface area contributed by atoms with Crippen molar-refractivity contribution in [2.75, 3.05) is 11.9 Å². The number of anilines is 1. The molecule has 5 nitrogen and oxygen atoms in total. The molecule has 1 aromatic heterocycles. The molecule has 3 aromatic rings. The molecule has 0 saturated carbocycles. The highest BCUT2D eigenvalue weighted by Gasteiger charge is 2.17. The summed E-state index contributed by atoms with van der Waals surface area (Å²) >= 11 is 0. The third-order valence-electron chi connectivity index (χ3n) is 4.33. The van der Waals surface area contributed by atoms with Crippen LogP contribution in [0.15, 0.2) is 54.6 Å². The molecule has 0 bridgehead atoms. The van der Waals surface area contributed by atoms with Gasteiger partial charge in [-0.1, -0.05) is 18.2 Å². The predicted octanol–water partition coefficient (Wildman–Crippen LogP) is 4.56. The van der Waals surface area contributed by atoms with E-state index in [1.807, 2.05) is 51.1 Å². The molecule has 1 N–H and O–H groups in total. The number of amides is 1. The van der Waals surface area contributed by atoms with E-state index in [4.69, 9.17) is 10.00 Å². The fraction of sp³-hybridized carbons (Fsp3) is 0.182. The summed E-state index contributed by atoms with van der Waals surface area (Å²) in [6.45, 7) is 5.95. The molecule has 1 heterocycles. The second kappa shape index (κ2) is 7.79. The van der Waals surface area contributed by atoms with Crippen molar-refractivity contribution in [1.29, 1.82) is 5.26 Å². The highest BCUT2D eigenvalue weighted by molar-refractivity contribution is 6.05. The summed E-state index contributed by atoms with van der Waals surface area (Å²) < 4.78 is 7.36. The molecule has 0 aliphatic rings. The summed E-state index contributed by atoms with van der Waals surface area (Å²) in [4.78, 5) is 12.8. The highest BCUT2D eigenvalue weighted by atomic mass is 16.5. The quantitative estimate of drug-likeness (QED) is 0.726. The molecule has 0 unspecified atom stereocenters. The van der Waals surface area contributed by atoms with Crippen LogP contribution in [0.2, 0.25) is 0 Å². The molecule has 0 saturated heterocycles. The first-order valence-corrected chi connectivity index (χ1v) is 8.66. The Morgan fingerprint density at radius 1 is 1.11 bits per heavy atom. The number of nitrogens with zero attached hydrogens (tertiary/aromatic N) is 2. The van der Waals surface area contributed by atoms with Gasteiger partial charge in [-0.25, -0.2) is 0 Å². The van der Waals surface area contributed by atoms with Crippen LogP contribution in [0.25, 0.3) is 5.69 Å². The van der Waals surface area contributed by atoms with Gasteiger partial charge in [0.05, 0.1) is 5.56 Å². The van der Waals surface area contributed by atoms with Crippen LogP contribution in [0.5, 0.6) is 5.75 Å². The van der Waals surface area contributed by atoms with Crippen molar-refractivity contribution in [3.8, 4) is 17.5 Å². The van der Waals surface area contributed by atoms with Gasteiger partial charge in [-0.2, -0.15) is 5.26 Å². The molecule has 0 radical (unpaired) electrons. The summed E-state index contributed by atoms with van der Waals surface area (Å²) in [7, 11) is 0. The summed E-state index contributed by atoms with van der Waals surface area (Å²) in [6.07, 6.45) is 0. The highest BCUT2D eigenvalue weighted by Crippen LogP contribution is 2.23. The van der Waals surface area contributed by atoms with Crippen LogP contribution in [0.3, 0.4) is 0 Å². The maximum Gasteiger partial charge on any atom is 0.257 e. The number of aryl methyl sites for hydroxylation is 2. The number of nitriles is 1. The average Bonchev–Trinajstić information content (AvgIpc) is 2.94. The van der Waals surface area contributed by atoms with E-state index in [0.717, 1.165) is 17.1 Å². The van der Waals surface area contributed by atoms with Gasteiger partial charge in [0.15, 0.2) is 6.61 Å². The van der Waals surface area contributed by atoms with E-state index in [0.29, 0.717) is 17.0 Å². The number of rotatable bonds is 5. The number of ether oxygens (including phenoxy) is 1. The van der Waals surface area contributed by atoms with E-state index in [2.05, 4.69) is 16.0 Å². The molecule has 0 atom stereocenters. The Labute approximate surface area is 158 Å². The Morgan fingerprint density at radius 2 is 1.89 bits per heavy atom. The van der Waals surface area contributed by atoms with Crippen LogP contribution in [0, 0.1) is 32.1 Å². The maximum atomic E-state index is 12.8. The first-order valence-electron chi connectivity index (χ1n) is 8.66. The zero-order valence-corrected chi connectivity index (χ0v) is 15.6. The van der Waals surface area contributed by atoms with Gasteiger partial charge in [-0.3, -0.25) is 4.79 Å². The molecule has 2 aromatic carbocycles. The SMILES string of the molecule is Cc1cccc(-n2c(C)cc(C(=O)Nc3cccc(OCC#N)c3)c2C)c1. The van der Waals surface area contributed by atoms with Crippen molar-refractivity contribution in [3.63, 3.8) is 0 Å². The Morgan fingerprint density at radius 3 is 2.63 bits per heavy atom. The second-order valence-corrected chi connectivity index (χ2v) is 6.39. The molecule has 27 heavy (non-hydrogen) atoms. The average molecular weight is 359 g/mol. The molecule has 0 fully saturated rings. The van der Waals surface area contributed by atoms with Crippen molar-refractivity contribution in [2.24, 2.45) is 0 Å². The summed E-state index contributed by atoms with van der Waals surface area (Å²) in [6, 6.07) is 19.0. The summed E-state index contributed by atoms with van der Waals surface area (Å²) in [5, 5.41) is 11.5. The molecule has 1 amide bonds. The van der Waals surface area contributed by atoms with Crippen molar-refractivity contribution in [1.82, 2.24) is 4.57 Å². The van der Waals surface area contributed by atoms with Crippen LogP contribution < -0.4 is 10.1 Å². The number of carbonyl (C=O) groups excluding carboxylic acids is 1. The number of hydrogen-bond donors (Lipinski definition) is 1. The van der Waals surface area contributed by atoms with E-state index >= 15 is 0 Å². The van der Waals surface area contributed by atoms with E-state index in [1.54, 1.807) is 24.3 Å². The predicted molar refractivity (Wildman–Crippen MR) is 105 cm³/mol. The van der Waals surface area contributed by atoms with Gasteiger partial charge in [-0.15, -0.1) is 0 Å². The van der Waals surface area contributed by atoms with Gasteiger partial charge in [-0.05, 0) is 56.7 Å². The standard InChI is InChI=1S/C22H21N3O2/c1-15-6-4-8-19(12-15)25-16(2)13-21(17(25)3)22(26)24-18-7-5-9-20(14-18)27-11-10-23/h4-9,12-14H,11H2,1-3H3,(H,24,26). The van der Waals surface area contributed by atoms with Gasteiger partial charge in [0, 0.05) is 28.8 Å². The van der Waals surface area contributed by atoms with Gasteiger partial charge in [0.1, 0.15) is 11.8 Å². The Balaban J connectivity index is 1.86. The van der Waals surface area contributed by atoms with Crippen LogP contribution in [0.1, 0.15) is 27.3 Å². The molecule has 0 aliphatic carbocycles. The maximum absolute atomic E-state index is 12.8. The van der Waals surface area contributed by atoms with Gasteiger partial charge in [0.25, 0.3) is 5.91 Å². The van der Waals surface area contributed by atoms with E-state index in [1.165, 1.54) is 5.56 Å². The first-order chi connectivity index (χ1) is 13.0. The largest absolute Gasteiger partial charge is 0.479 e. The van der Waals surface area contributed by atoms with Crippen LogP contribution >= 0.6 is 0 Å². The zero-order valence-electron chi connectivity index (χ0n) is 15.6. The normalized spacial score (nSPS) is 10.3. The molecular weight excluding hydrogens is 338 g/mol. The number of aromatic nitrogens is 1. The zero-order chi connectivity index (χ0) is 19.4. The number of carbonyl (C=O) groups is 1. The fourth-order valence-electron chi connectivity index (χ4n) is 3.13. The van der Waals surface area contributed by atoms with Crippen LogP contribution in [-0.2, 0) is 0 Å². The number of benzene rings is 2. The van der Waals surface area contributed by atoms with Crippen LogP contribution in [0.4, 0.5) is 5.69 Å². The van der Waals surface area contributed by atoms with Gasteiger partial charge < -0.3 is 14.6 Å². The van der Waals surface area contributed by atoms with Gasteiger partial charge in [0.2, 0.25) is 0 Å². The molecular formula is C22H21N3O2. The second-order valence-electron chi connectivity index (χ2n) is 6.39. The molecule has 0 spiro atoms. The lowest BCUT2D eigenvalue weighted by atomic mass is 10.2. The fourth-order valence-corrected chi connectivity index (χ4v) is 3.13. The Bertz CT molecular complexity index is 1030. The first kappa shape index (κ1) is 18.3. The Kier molecular flexibility index (Phi) is 5.28. The lowest BCUT2D eigenvalue weighted by molar-refractivity contribution is 0.102. The summed E-state index contributed by atoms with van der Waals surface area (Å²) in [5.41, 5.74) is 5.33. The smallest absolute Gasteiger partial charge is 0.257 e. The van der Waals surface area contributed by atoms with Gasteiger partial charge >= 0.3 is 0 Å². The van der Waals surface area contributed by atoms with E-state index in [-0.39, 0.29) is 12.5 Å². The molecule has 136 valence electrons. The minimum Gasteiger partial charge on any atom is -0.479 e. The summed E-state index contributed by atoms with van der Waals surface area (Å²) in [5.74, 6) is 0.360. The minimum absolute atomic E-state index is 0.0327. The lowest BCUT2D eigenvalue weighted by Crippen LogP contribution is -2.13. The third kappa shape index (κ3) is 4.01. The van der Waals surface area contributed by atoms with E-state index in [9.17, 15) is 4.79 Å². The van der Waals surface area contributed by atoms with Crippen molar-refractivity contribution >= 4 is 11.6 Å². The topological polar surface area (TPSA) is 67.1 Å². The molecule has 5 heteroatoms. The van der Waals surface area contributed by atoms with Crippen LogP contribution in [-0.4, -0.2) is 17.1 Å². The number of hydrogen-bond acceptors (Lipinski definition) is 3. The Hall–Kier alpha value is -3.52. The minimum atomic E-state index is -0.181. The third-order valence-corrected chi connectivity index (χ3v) is 4.33. The monoisotopic (exact) mass is 359 g/mol. The van der Waals surface area contributed by atoms with Crippen molar-refractivity contribution in [3.05, 3.63) is 77.1 Å². The lowest BCUT2D eigenvalue weighted by Gasteiger charge is -2.11. The molecule has 0 aliphatic heterocycles. The van der Waals surface area contributed by atoms with Crippen molar-refractivity contribution in [2.45, 2.75) is 20.8 Å². The van der Waals surface area contributed by atoms with E-state index < -0.39 is 0 Å². The number of nitrogens with one attached hydrogen (secondary N) is 1.